The van der Waals surface area contributed by atoms with E-state index < -0.39 is 6.03 Å². The third-order valence-electron chi connectivity index (χ3n) is 2.24. The highest BCUT2D eigenvalue weighted by Gasteiger charge is 2.23. The van der Waals surface area contributed by atoms with Crippen LogP contribution in [0.5, 0.6) is 0 Å². The number of urea groups is 1. The molecular weight excluding hydrogens is 178 g/mol. The number of nitrogens with one attached hydrogen (secondary N) is 1. The van der Waals surface area contributed by atoms with Crippen molar-refractivity contribution in [2.45, 2.75) is 13.0 Å². The topological polar surface area (TPSA) is 58.4 Å². The summed E-state index contributed by atoms with van der Waals surface area (Å²) in [7, 11) is 0. The highest BCUT2D eigenvalue weighted by atomic mass is 16.2. The van der Waals surface area contributed by atoms with E-state index in [2.05, 4.69) is 11.4 Å². The number of hydrogen-bond donors (Lipinski definition) is 2. The van der Waals surface area contributed by atoms with Crippen LogP contribution in [0.2, 0.25) is 0 Å². The molecule has 14 heavy (non-hydrogen) atoms. The molecule has 1 aliphatic heterocycles. The SMILES string of the molecule is CC1CN(C(N)=O)c2ccc[c]c2N1. The molecule has 1 aromatic rings. The molecule has 0 aromatic heterocycles. The van der Waals surface area contributed by atoms with Crippen molar-refractivity contribution in [3.63, 3.8) is 0 Å². The van der Waals surface area contributed by atoms with Crippen molar-refractivity contribution in [3.8, 4) is 0 Å². The summed E-state index contributed by atoms with van der Waals surface area (Å²) in [5, 5.41) is 3.24. The first-order valence-electron chi connectivity index (χ1n) is 4.52. The molecule has 0 bridgehead atoms. The van der Waals surface area contributed by atoms with Crippen molar-refractivity contribution in [2.24, 2.45) is 5.73 Å². The van der Waals surface area contributed by atoms with Gasteiger partial charge in [-0.2, -0.15) is 0 Å². The lowest BCUT2D eigenvalue weighted by atomic mass is 10.1. The summed E-state index contributed by atoms with van der Waals surface area (Å²) in [5.41, 5.74) is 6.93. The molecule has 1 aliphatic rings. The van der Waals surface area contributed by atoms with Crippen LogP contribution in [-0.4, -0.2) is 18.6 Å². The van der Waals surface area contributed by atoms with Crippen molar-refractivity contribution in [3.05, 3.63) is 24.3 Å². The number of hydrogen-bond acceptors (Lipinski definition) is 2. The lowest BCUT2D eigenvalue weighted by molar-refractivity contribution is 0.253. The number of amides is 2. The number of para-hydroxylation sites is 1. The maximum atomic E-state index is 11.2. The number of nitrogens with two attached hydrogens (primary N) is 1. The largest absolute Gasteiger partial charge is 0.379 e. The van der Waals surface area contributed by atoms with Crippen molar-refractivity contribution >= 4 is 17.4 Å². The van der Waals surface area contributed by atoms with Gasteiger partial charge in [-0.05, 0) is 13.0 Å². The van der Waals surface area contributed by atoms with Crippen LogP contribution < -0.4 is 16.0 Å². The molecule has 0 spiro atoms. The predicted octanol–water partition coefficient (Wildman–Crippen LogP) is 1.19. The first-order chi connectivity index (χ1) is 6.68. The van der Waals surface area contributed by atoms with Crippen LogP contribution in [-0.2, 0) is 0 Å². The van der Waals surface area contributed by atoms with Crippen molar-refractivity contribution in [2.75, 3.05) is 16.8 Å². The standard InChI is InChI=1S/C10H12N3O/c1-7-6-13(10(11)14)9-5-3-2-4-8(9)12-7/h2-3,5,7,12H,6H2,1H3,(H2,11,14). The zero-order valence-corrected chi connectivity index (χ0v) is 7.95. The van der Waals surface area contributed by atoms with E-state index in [1.165, 1.54) is 0 Å². The molecule has 73 valence electrons. The molecule has 2 rings (SSSR count). The number of anilines is 2. The molecule has 0 saturated heterocycles. The zero-order valence-electron chi connectivity index (χ0n) is 7.95. The molecular formula is C10H12N3O. The fraction of sp³-hybridized carbons (Fsp3) is 0.300. The van der Waals surface area contributed by atoms with Gasteiger partial charge in [0.1, 0.15) is 0 Å². The van der Waals surface area contributed by atoms with Gasteiger partial charge in [0.25, 0.3) is 0 Å². The summed E-state index contributed by atoms with van der Waals surface area (Å²) in [6.45, 7) is 2.60. The Balaban J connectivity index is 2.43. The molecule has 1 atom stereocenters. The molecule has 3 N–H and O–H groups in total. The van der Waals surface area contributed by atoms with Crippen LogP contribution >= 0.6 is 0 Å². The van der Waals surface area contributed by atoms with Gasteiger partial charge in [-0.25, -0.2) is 4.79 Å². The van der Waals surface area contributed by atoms with Crippen molar-refractivity contribution in [1.29, 1.82) is 0 Å². The minimum absolute atomic E-state index is 0.202. The molecule has 0 saturated carbocycles. The molecule has 1 aromatic carbocycles. The Morgan fingerprint density at radius 2 is 2.57 bits per heavy atom. The molecule has 4 nitrogen and oxygen atoms in total. The summed E-state index contributed by atoms with van der Waals surface area (Å²) in [5.74, 6) is 0. The number of carbonyl (C=O) groups excluding carboxylic acids is 1. The van der Waals surface area contributed by atoms with E-state index in [9.17, 15) is 4.79 Å². The van der Waals surface area contributed by atoms with Crippen LogP contribution in [0.4, 0.5) is 16.2 Å². The smallest absolute Gasteiger partial charge is 0.319 e. The van der Waals surface area contributed by atoms with Gasteiger partial charge in [-0.3, -0.25) is 4.90 Å². The Kier molecular flexibility index (Phi) is 2.04. The molecule has 2 amide bonds. The first kappa shape index (κ1) is 8.87. The second kappa shape index (κ2) is 3.21. The van der Waals surface area contributed by atoms with Gasteiger partial charge in [0.2, 0.25) is 0 Å². The second-order valence-electron chi connectivity index (χ2n) is 3.42. The maximum absolute atomic E-state index is 11.2. The number of nitrogens with zero attached hydrogens (tertiary/aromatic N) is 1. The van der Waals surface area contributed by atoms with Gasteiger partial charge in [0, 0.05) is 18.7 Å². The van der Waals surface area contributed by atoms with Crippen LogP contribution in [0.3, 0.4) is 0 Å². The van der Waals surface area contributed by atoms with Gasteiger partial charge < -0.3 is 11.1 Å². The minimum atomic E-state index is -0.417. The summed E-state index contributed by atoms with van der Waals surface area (Å²) in [4.78, 5) is 12.7. The van der Waals surface area contributed by atoms with Gasteiger partial charge in [0.15, 0.2) is 0 Å². The zero-order chi connectivity index (χ0) is 10.1. The van der Waals surface area contributed by atoms with E-state index >= 15 is 0 Å². The second-order valence-corrected chi connectivity index (χ2v) is 3.42. The normalized spacial score (nSPS) is 19.8. The summed E-state index contributed by atoms with van der Waals surface area (Å²) in [6.07, 6.45) is 0. The minimum Gasteiger partial charge on any atom is -0.379 e. The molecule has 1 radical (unpaired) electrons. The average molecular weight is 190 g/mol. The molecule has 1 heterocycles. The predicted molar refractivity (Wildman–Crippen MR) is 55.3 cm³/mol. The average Bonchev–Trinajstić information content (AvgIpc) is 2.16. The van der Waals surface area contributed by atoms with Gasteiger partial charge in [-0.15, -0.1) is 0 Å². The van der Waals surface area contributed by atoms with E-state index in [4.69, 9.17) is 5.73 Å². The Morgan fingerprint density at radius 3 is 3.29 bits per heavy atom. The molecule has 0 fully saturated rings. The van der Waals surface area contributed by atoms with Crippen LogP contribution in [0, 0.1) is 6.07 Å². The van der Waals surface area contributed by atoms with Crippen molar-refractivity contribution in [1.82, 2.24) is 0 Å². The third-order valence-corrected chi connectivity index (χ3v) is 2.24. The Bertz CT molecular complexity index is 364. The number of fused-ring (bicyclic) bond motifs is 1. The van der Waals surface area contributed by atoms with Gasteiger partial charge in [0.05, 0.1) is 11.4 Å². The summed E-state index contributed by atoms with van der Waals surface area (Å²) >= 11 is 0. The van der Waals surface area contributed by atoms with E-state index in [-0.39, 0.29) is 6.04 Å². The summed E-state index contributed by atoms with van der Waals surface area (Å²) in [6, 6.07) is 8.33. The molecule has 4 heteroatoms. The van der Waals surface area contributed by atoms with Gasteiger partial charge in [-0.1, -0.05) is 12.1 Å². The first-order valence-corrected chi connectivity index (χ1v) is 4.52. The van der Waals surface area contributed by atoms with Gasteiger partial charge >= 0.3 is 6.03 Å². The highest BCUT2D eigenvalue weighted by Crippen LogP contribution is 2.29. The van der Waals surface area contributed by atoms with Crippen LogP contribution in [0.1, 0.15) is 6.92 Å². The Hall–Kier alpha value is -1.71. The fourth-order valence-electron chi connectivity index (χ4n) is 1.64. The molecule has 0 aliphatic carbocycles. The van der Waals surface area contributed by atoms with E-state index in [0.29, 0.717) is 6.54 Å². The Labute approximate surface area is 82.7 Å². The summed E-state index contributed by atoms with van der Waals surface area (Å²) < 4.78 is 0. The number of primary amides is 1. The maximum Gasteiger partial charge on any atom is 0.319 e. The monoisotopic (exact) mass is 190 g/mol. The number of rotatable bonds is 0. The van der Waals surface area contributed by atoms with E-state index in [1.807, 2.05) is 25.1 Å². The highest BCUT2D eigenvalue weighted by molar-refractivity contribution is 5.95. The van der Waals surface area contributed by atoms with Crippen LogP contribution in [0.25, 0.3) is 0 Å². The Morgan fingerprint density at radius 1 is 1.79 bits per heavy atom. The lowest BCUT2D eigenvalue weighted by Gasteiger charge is -2.32. The van der Waals surface area contributed by atoms with E-state index in [1.54, 1.807) is 4.90 Å². The van der Waals surface area contributed by atoms with Crippen molar-refractivity contribution < 1.29 is 4.79 Å². The third kappa shape index (κ3) is 1.39. The number of carbonyl (C=O) groups is 1. The van der Waals surface area contributed by atoms with Crippen LogP contribution in [0.15, 0.2) is 18.2 Å². The lowest BCUT2D eigenvalue weighted by Crippen LogP contribution is -2.46. The molecule has 1 unspecified atom stereocenters. The van der Waals surface area contributed by atoms with E-state index in [0.717, 1.165) is 11.4 Å². The fourth-order valence-corrected chi connectivity index (χ4v) is 1.64. The number of benzene rings is 1. The quantitative estimate of drug-likeness (QED) is 0.645.